The highest BCUT2D eigenvalue weighted by Crippen LogP contribution is 2.39. The van der Waals surface area contributed by atoms with Gasteiger partial charge in [0.15, 0.2) is 11.6 Å². The highest BCUT2D eigenvalue weighted by Gasteiger charge is 2.54. The topological polar surface area (TPSA) is 86.7 Å². The molecule has 5 atom stereocenters. The van der Waals surface area contributed by atoms with Gasteiger partial charge in [-0.05, 0) is 45.7 Å². The van der Waals surface area contributed by atoms with Crippen molar-refractivity contribution in [3.05, 3.63) is 83.9 Å². The molecule has 0 spiro atoms. The van der Waals surface area contributed by atoms with E-state index in [-0.39, 0.29) is 18.6 Å². The Balaban J connectivity index is 1.73. The molecule has 218 valence electrons. The Kier molecular flexibility index (Phi) is 9.82. The monoisotopic (exact) mass is 553 g/mol. The summed E-state index contributed by atoms with van der Waals surface area (Å²) in [4.78, 5) is 14.7. The van der Waals surface area contributed by atoms with E-state index in [1.165, 1.54) is 0 Å². The quantitative estimate of drug-likeness (QED) is 0.302. The molecule has 8 heteroatoms. The van der Waals surface area contributed by atoms with E-state index in [1.54, 1.807) is 6.92 Å². The molecule has 2 aromatic carbocycles. The summed E-state index contributed by atoms with van der Waals surface area (Å²) in [6, 6.07) is 19.6. The van der Waals surface area contributed by atoms with Crippen molar-refractivity contribution in [2.45, 2.75) is 96.2 Å². The van der Waals surface area contributed by atoms with E-state index in [2.05, 4.69) is 35.7 Å². The fourth-order valence-electron chi connectivity index (χ4n) is 5.51. The summed E-state index contributed by atoms with van der Waals surface area (Å²) in [6.45, 7) is 14.8. The maximum Gasteiger partial charge on any atom is 0.333 e. The van der Waals surface area contributed by atoms with Crippen LogP contribution >= 0.6 is 0 Å². The van der Waals surface area contributed by atoms with Crippen molar-refractivity contribution >= 4 is 5.97 Å². The molecule has 0 saturated carbocycles. The third kappa shape index (κ3) is 7.78. The van der Waals surface area contributed by atoms with Crippen LogP contribution in [0.1, 0.15) is 52.2 Å². The third-order valence-corrected chi connectivity index (χ3v) is 7.19. The van der Waals surface area contributed by atoms with Gasteiger partial charge in [0.1, 0.15) is 18.3 Å². The summed E-state index contributed by atoms with van der Waals surface area (Å²) >= 11 is 0. The lowest BCUT2D eigenvalue weighted by atomic mass is 9.91. The zero-order valence-electron chi connectivity index (χ0n) is 24.2. The summed E-state index contributed by atoms with van der Waals surface area (Å²) in [5, 5.41) is 11.9. The molecule has 2 aromatic rings. The number of aliphatic hydroxyl groups excluding tert-OH is 1. The molecule has 0 aliphatic carbocycles. The molecule has 8 nitrogen and oxygen atoms in total. The van der Waals surface area contributed by atoms with Crippen LogP contribution in [0, 0.1) is 0 Å². The van der Waals surface area contributed by atoms with Gasteiger partial charge in [0.05, 0.1) is 25.4 Å². The van der Waals surface area contributed by atoms with Crippen LogP contribution in [-0.2, 0) is 41.6 Å². The van der Waals surface area contributed by atoms with Crippen molar-refractivity contribution in [1.82, 2.24) is 4.90 Å². The van der Waals surface area contributed by atoms with Gasteiger partial charge in [0.25, 0.3) is 0 Å². The first-order valence-electron chi connectivity index (χ1n) is 14.0. The summed E-state index contributed by atoms with van der Waals surface area (Å²) in [5.74, 6) is -2.20. The Morgan fingerprint density at radius 3 is 2.05 bits per heavy atom. The molecule has 2 aliphatic heterocycles. The number of aliphatic hydroxyl groups is 1. The van der Waals surface area contributed by atoms with Crippen LogP contribution < -0.4 is 0 Å². The van der Waals surface area contributed by atoms with Crippen molar-refractivity contribution in [2.24, 2.45) is 0 Å². The van der Waals surface area contributed by atoms with Crippen LogP contribution in [0.3, 0.4) is 0 Å². The number of carbonyl (C=O) groups excluding carboxylic acids is 1. The predicted octanol–water partition coefficient (Wildman–Crippen LogP) is 4.60. The Bertz CT molecular complexity index is 1080. The van der Waals surface area contributed by atoms with Gasteiger partial charge in [-0.25, -0.2) is 4.79 Å². The number of esters is 1. The highest BCUT2D eigenvalue weighted by atomic mass is 16.8. The molecule has 2 heterocycles. The second-order valence-electron chi connectivity index (χ2n) is 11.4. The Labute approximate surface area is 237 Å². The Morgan fingerprint density at radius 2 is 1.55 bits per heavy atom. The number of carbonyl (C=O) groups is 1. The molecule has 0 amide bonds. The molecule has 1 N–H and O–H groups in total. The molecule has 2 saturated heterocycles. The van der Waals surface area contributed by atoms with Gasteiger partial charge in [-0.15, -0.1) is 0 Å². The largest absolute Gasteiger partial charge is 0.463 e. The van der Waals surface area contributed by atoms with Crippen LogP contribution in [0.5, 0.6) is 0 Å². The lowest BCUT2D eigenvalue weighted by molar-refractivity contribution is -0.175. The van der Waals surface area contributed by atoms with Gasteiger partial charge >= 0.3 is 5.97 Å². The number of hydrogen-bond acceptors (Lipinski definition) is 8. The Morgan fingerprint density at radius 1 is 0.975 bits per heavy atom. The minimum Gasteiger partial charge on any atom is -0.463 e. The van der Waals surface area contributed by atoms with Crippen molar-refractivity contribution in [3.8, 4) is 0 Å². The SMILES string of the molecule is C=C(C[C@@H](O)[C@H]([C@H]1OC(C)(C)O[C@@H]1[C@H]1COC(C)(C)O1)N(Cc1ccccc1)Cc1ccccc1)C(=O)OCC. The number of hydrogen-bond donors (Lipinski definition) is 1. The molecule has 0 bridgehead atoms. The van der Waals surface area contributed by atoms with Gasteiger partial charge in [-0.1, -0.05) is 67.2 Å². The van der Waals surface area contributed by atoms with E-state index >= 15 is 0 Å². The summed E-state index contributed by atoms with van der Waals surface area (Å²) in [5.41, 5.74) is 2.36. The smallest absolute Gasteiger partial charge is 0.333 e. The van der Waals surface area contributed by atoms with E-state index in [0.717, 1.165) is 11.1 Å². The van der Waals surface area contributed by atoms with E-state index in [9.17, 15) is 9.90 Å². The van der Waals surface area contributed by atoms with Crippen molar-refractivity contribution in [3.63, 3.8) is 0 Å². The predicted molar refractivity (Wildman–Crippen MR) is 151 cm³/mol. The fraction of sp³-hybridized carbons (Fsp3) is 0.531. The first kappa shape index (κ1) is 30.4. The first-order chi connectivity index (χ1) is 19.0. The molecule has 0 aromatic heterocycles. The summed E-state index contributed by atoms with van der Waals surface area (Å²) < 4.78 is 30.3. The molecule has 2 fully saturated rings. The third-order valence-electron chi connectivity index (χ3n) is 7.19. The van der Waals surface area contributed by atoms with E-state index in [4.69, 9.17) is 23.7 Å². The zero-order chi connectivity index (χ0) is 28.9. The molecular formula is C32H43NO7. The van der Waals surface area contributed by atoms with Gasteiger partial charge < -0.3 is 28.8 Å². The summed E-state index contributed by atoms with van der Waals surface area (Å²) in [6.07, 6.45) is -2.54. The van der Waals surface area contributed by atoms with Crippen LogP contribution in [0.15, 0.2) is 72.8 Å². The standard InChI is InChI=1S/C32H43NO7/c1-7-36-30(35)22(2)18-25(34)27(29-28(39-32(5,6)40-29)26-21-37-31(3,4)38-26)33(19-23-14-10-8-11-15-23)20-24-16-12-9-13-17-24/h8-17,25-29,34H,2,7,18-21H2,1,3-6H3/t25-,26-,27-,28-,29-/m1/s1. The molecule has 2 aliphatic rings. The molecular weight excluding hydrogens is 510 g/mol. The maximum absolute atomic E-state index is 12.5. The number of benzene rings is 2. The fourth-order valence-corrected chi connectivity index (χ4v) is 5.51. The second-order valence-corrected chi connectivity index (χ2v) is 11.4. The average Bonchev–Trinajstić information content (AvgIpc) is 3.43. The van der Waals surface area contributed by atoms with Crippen LogP contribution in [0.25, 0.3) is 0 Å². The lowest BCUT2D eigenvalue weighted by Gasteiger charge is -2.40. The van der Waals surface area contributed by atoms with Crippen molar-refractivity contribution in [2.75, 3.05) is 13.2 Å². The van der Waals surface area contributed by atoms with Crippen LogP contribution in [0.2, 0.25) is 0 Å². The number of ether oxygens (including phenoxy) is 5. The average molecular weight is 554 g/mol. The second kappa shape index (κ2) is 12.9. The Hall–Kier alpha value is -2.59. The minimum absolute atomic E-state index is 0.0180. The molecule has 0 unspecified atom stereocenters. The normalized spacial score (nSPS) is 25.0. The van der Waals surface area contributed by atoms with Crippen LogP contribution in [-0.4, -0.2) is 71.2 Å². The minimum atomic E-state index is -1.02. The maximum atomic E-state index is 12.5. The lowest BCUT2D eigenvalue weighted by Crippen LogP contribution is -2.56. The number of rotatable bonds is 12. The number of nitrogens with zero attached hydrogens (tertiary/aromatic N) is 1. The van der Waals surface area contributed by atoms with Gasteiger partial charge in [0, 0.05) is 25.1 Å². The summed E-state index contributed by atoms with van der Waals surface area (Å²) in [7, 11) is 0. The molecule has 0 radical (unpaired) electrons. The van der Waals surface area contributed by atoms with Gasteiger partial charge in [-0.2, -0.15) is 0 Å². The first-order valence-corrected chi connectivity index (χ1v) is 14.0. The highest BCUT2D eigenvalue weighted by molar-refractivity contribution is 5.87. The van der Waals surface area contributed by atoms with E-state index < -0.39 is 48.0 Å². The van der Waals surface area contributed by atoms with Gasteiger partial charge in [0.2, 0.25) is 0 Å². The van der Waals surface area contributed by atoms with Crippen LogP contribution in [0.4, 0.5) is 0 Å². The van der Waals surface area contributed by atoms with E-state index in [1.807, 2.05) is 64.1 Å². The molecule has 4 rings (SSSR count). The van der Waals surface area contributed by atoms with Crippen molar-refractivity contribution < 1.29 is 33.6 Å². The van der Waals surface area contributed by atoms with E-state index in [0.29, 0.717) is 19.7 Å². The van der Waals surface area contributed by atoms with Gasteiger partial charge in [-0.3, -0.25) is 4.90 Å². The van der Waals surface area contributed by atoms with Crippen molar-refractivity contribution in [1.29, 1.82) is 0 Å². The molecule has 40 heavy (non-hydrogen) atoms. The zero-order valence-corrected chi connectivity index (χ0v) is 24.2.